The van der Waals surface area contributed by atoms with Gasteiger partial charge < -0.3 is 5.32 Å². The Balaban J connectivity index is 1.44. The lowest BCUT2D eigenvalue weighted by molar-refractivity contribution is 0.509. The number of aliphatic imine (C=N–C) groups is 1. The average Bonchev–Trinajstić information content (AvgIpc) is 3.54. The number of rotatable bonds is 3. The Morgan fingerprint density at radius 2 is 1.26 bits per heavy atom. The van der Waals surface area contributed by atoms with Crippen molar-refractivity contribution in [2.75, 3.05) is 0 Å². The number of hydrogen-bond acceptors (Lipinski definition) is 3. The van der Waals surface area contributed by atoms with E-state index < -0.39 is 0 Å². The molecule has 1 atom stereocenters. The van der Waals surface area contributed by atoms with Crippen molar-refractivity contribution in [2.24, 2.45) is 4.99 Å². The maximum atomic E-state index is 5.33. The van der Waals surface area contributed by atoms with E-state index in [1.54, 1.807) is 0 Å². The van der Waals surface area contributed by atoms with Crippen molar-refractivity contribution >= 4 is 64.7 Å². The van der Waals surface area contributed by atoms with E-state index in [1.165, 1.54) is 42.0 Å². The monoisotopic (exact) mass is 505 g/mol. The maximum absolute atomic E-state index is 5.33. The van der Waals surface area contributed by atoms with Gasteiger partial charge in [-0.2, -0.15) is 0 Å². The van der Waals surface area contributed by atoms with Gasteiger partial charge in [0.05, 0.1) is 21.4 Å². The summed E-state index contributed by atoms with van der Waals surface area (Å²) < 4.78 is 5.01. The van der Waals surface area contributed by atoms with Crippen LogP contribution in [0.15, 0.2) is 132 Å². The van der Waals surface area contributed by atoms with Gasteiger partial charge in [0.2, 0.25) is 6.29 Å². The Labute approximate surface area is 224 Å². The van der Waals surface area contributed by atoms with Gasteiger partial charge in [0.25, 0.3) is 0 Å². The Morgan fingerprint density at radius 3 is 2.08 bits per heavy atom. The first-order chi connectivity index (χ1) is 18.8. The number of aromatic nitrogens is 1. The second-order valence-electron chi connectivity index (χ2n) is 9.65. The Morgan fingerprint density at radius 1 is 0.605 bits per heavy atom. The second-order valence-corrected chi connectivity index (χ2v) is 10.7. The number of fused-ring (bicyclic) bond motifs is 7. The quantitative estimate of drug-likeness (QED) is 0.256. The largest absolute Gasteiger partial charge is 0.346 e. The van der Waals surface area contributed by atoms with Crippen LogP contribution >= 0.6 is 11.3 Å². The summed E-state index contributed by atoms with van der Waals surface area (Å²) in [4.78, 5) is 5.33. The molecule has 1 N–H and O–H groups in total. The minimum absolute atomic E-state index is 0.302. The molecule has 1 aliphatic rings. The lowest BCUT2D eigenvalue weighted by Gasteiger charge is -2.27. The van der Waals surface area contributed by atoms with Gasteiger partial charge in [-0.15, -0.1) is 11.3 Å². The molecule has 8 rings (SSSR count). The summed E-state index contributed by atoms with van der Waals surface area (Å²) >= 11 is 1.87. The van der Waals surface area contributed by atoms with E-state index in [9.17, 15) is 0 Å². The van der Waals surface area contributed by atoms with Crippen LogP contribution in [0.4, 0.5) is 0 Å². The molecule has 2 aromatic heterocycles. The van der Waals surface area contributed by atoms with Crippen molar-refractivity contribution in [2.45, 2.75) is 6.29 Å². The van der Waals surface area contributed by atoms with E-state index in [4.69, 9.17) is 4.99 Å². The molecule has 3 heterocycles. The van der Waals surface area contributed by atoms with Gasteiger partial charge in [-0.25, -0.2) is 4.99 Å². The SMILES string of the molecule is C1=C(c2ccccc2)NC(n2c3ccccc3c3ccc4c5ccccc5sc4c32)N=C1c1ccccc1. The predicted molar refractivity (Wildman–Crippen MR) is 162 cm³/mol. The molecule has 0 amide bonds. The third kappa shape index (κ3) is 3.24. The summed E-state index contributed by atoms with van der Waals surface area (Å²) in [6.07, 6.45) is 1.87. The zero-order chi connectivity index (χ0) is 25.1. The molecule has 0 saturated heterocycles. The fraction of sp³-hybridized carbons (Fsp3) is 0.0294. The van der Waals surface area contributed by atoms with E-state index in [0.717, 1.165) is 22.5 Å². The van der Waals surface area contributed by atoms with Crippen molar-refractivity contribution in [1.29, 1.82) is 0 Å². The molecule has 5 aromatic carbocycles. The number of para-hydroxylation sites is 1. The molecule has 0 bridgehead atoms. The third-order valence-electron chi connectivity index (χ3n) is 7.44. The van der Waals surface area contributed by atoms with Crippen LogP contribution in [0, 0.1) is 0 Å². The molecule has 0 saturated carbocycles. The van der Waals surface area contributed by atoms with Gasteiger partial charge in [0.1, 0.15) is 0 Å². The van der Waals surface area contributed by atoms with Crippen molar-refractivity contribution in [1.82, 2.24) is 9.88 Å². The molecular weight excluding hydrogens is 482 g/mol. The highest BCUT2D eigenvalue weighted by Gasteiger charge is 2.25. The van der Waals surface area contributed by atoms with Crippen LogP contribution in [-0.4, -0.2) is 10.3 Å². The highest BCUT2D eigenvalue weighted by Crippen LogP contribution is 2.43. The van der Waals surface area contributed by atoms with Gasteiger partial charge in [-0.05, 0) is 29.3 Å². The molecule has 4 heteroatoms. The highest BCUT2D eigenvalue weighted by atomic mass is 32.1. The van der Waals surface area contributed by atoms with Crippen LogP contribution in [0.25, 0.3) is 47.7 Å². The zero-order valence-electron chi connectivity index (χ0n) is 20.5. The van der Waals surface area contributed by atoms with E-state index >= 15 is 0 Å². The van der Waals surface area contributed by atoms with Crippen molar-refractivity contribution in [3.05, 3.63) is 139 Å². The topological polar surface area (TPSA) is 29.3 Å². The van der Waals surface area contributed by atoms with Crippen molar-refractivity contribution < 1.29 is 0 Å². The number of thiophene rings is 1. The van der Waals surface area contributed by atoms with Gasteiger partial charge in [0.15, 0.2) is 0 Å². The van der Waals surface area contributed by atoms with Crippen LogP contribution in [0.1, 0.15) is 17.4 Å². The van der Waals surface area contributed by atoms with Crippen LogP contribution in [0.3, 0.4) is 0 Å². The molecule has 7 aromatic rings. The fourth-order valence-electron chi connectivity index (χ4n) is 5.71. The smallest absolute Gasteiger partial charge is 0.201 e. The Hall–Kier alpha value is -4.67. The summed E-state index contributed by atoms with van der Waals surface area (Å²) in [5.41, 5.74) is 6.71. The van der Waals surface area contributed by atoms with Crippen LogP contribution in [-0.2, 0) is 0 Å². The number of nitrogens with zero attached hydrogens (tertiary/aromatic N) is 2. The normalized spacial score (nSPS) is 15.6. The molecule has 0 radical (unpaired) electrons. The number of hydrogen-bond donors (Lipinski definition) is 1. The molecule has 0 spiro atoms. The van der Waals surface area contributed by atoms with Crippen LogP contribution < -0.4 is 5.32 Å². The van der Waals surface area contributed by atoms with E-state index in [2.05, 4.69) is 137 Å². The van der Waals surface area contributed by atoms with Crippen LogP contribution in [0.5, 0.6) is 0 Å². The van der Waals surface area contributed by atoms with E-state index in [-0.39, 0.29) is 6.29 Å². The molecule has 3 nitrogen and oxygen atoms in total. The van der Waals surface area contributed by atoms with Crippen molar-refractivity contribution in [3.8, 4) is 0 Å². The van der Waals surface area contributed by atoms with Gasteiger partial charge in [-0.1, -0.05) is 109 Å². The fourth-order valence-corrected chi connectivity index (χ4v) is 6.96. The number of benzene rings is 5. The first-order valence-electron chi connectivity index (χ1n) is 12.8. The number of allylic oxidation sites excluding steroid dienone is 1. The minimum atomic E-state index is -0.302. The zero-order valence-corrected chi connectivity index (χ0v) is 21.3. The molecule has 0 fully saturated rings. The Kier molecular flexibility index (Phi) is 4.76. The molecule has 1 unspecified atom stereocenters. The first kappa shape index (κ1) is 21.4. The Bertz CT molecular complexity index is 2050. The predicted octanol–water partition coefficient (Wildman–Crippen LogP) is 8.75. The molecule has 0 aliphatic carbocycles. The summed E-state index contributed by atoms with van der Waals surface area (Å²) in [6, 6.07) is 43.0. The third-order valence-corrected chi connectivity index (χ3v) is 8.63. The van der Waals surface area contributed by atoms with E-state index in [0.29, 0.717) is 0 Å². The van der Waals surface area contributed by atoms with E-state index in [1.807, 2.05) is 11.3 Å². The molecule has 1 aliphatic heterocycles. The minimum Gasteiger partial charge on any atom is -0.346 e. The lowest BCUT2D eigenvalue weighted by Crippen LogP contribution is -2.29. The highest BCUT2D eigenvalue weighted by molar-refractivity contribution is 7.26. The van der Waals surface area contributed by atoms with Gasteiger partial charge >= 0.3 is 0 Å². The van der Waals surface area contributed by atoms with Crippen LogP contribution in [0.2, 0.25) is 0 Å². The lowest BCUT2D eigenvalue weighted by atomic mass is 10.0. The standard InChI is InChI=1S/C34H23N3S/c1-3-11-22(12-4-1)28-21-29(23-13-5-2-6-14-23)36-34(35-28)37-30-17-9-7-15-24(30)26-19-20-27-25-16-8-10-18-31(25)38-33(27)32(26)37/h1-21,34-35H. The van der Waals surface area contributed by atoms with Gasteiger partial charge in [-0.3, -0.25) is 4.57 Å². The molecule has 38 heavy (non-hydrogen) atoms. The summed E-state index contributed by atoms with van der Waals surface area (Å²) in [5.74, 6) is 0. The maximum Gasteiger partial charge on any atom is 0.201 e. The first-order valence-corrected chi connectivity index (χ1v) is 13.7. The molecular formula is C34H23N3S. The average molecular weight is 506 g/mol. The summed E-state index contributed by atoms with van der Waals surface area (Å²) in [6.45, 7) is 0. The molecule has 180 valence electrons. The second kappa shape index (κ2) is 8.44. The van der Waals surface area contributed by atoms with Crippen molar-refractivity contribution in [3.63, 3.8) is 0 Å². The summed E-state index contributed by atoms with van der Waals surface area (Å²) in [7, 11) is 0. The number of nitrogens with one attached hydrogen (secondary N) is 1. The summed E-state index contributed by atoms with van der Waals surface area (Å²) in [5, 5.41) is 8.90. The van der Waals surface area contributed by atoms with Gasteiger partial charge in [0, 0.05) is 31.9 Å².